The Kier molecular flexibility index (Phi) is 8.91. The highest BCUT2D eigenvalue weighted by Crippen LogP contribution is 2.21. The molecule has 0 radical (unpaired) electrons. The van der Waals surface area contributed by atoms with Gasteiger partial charge < -0.3 is 15.1 Å². The first-order chi connectivity index (χ1) is 14.0. The third-order valence-corrected chi connectivity index (χ3v) is 4.46. The molecule has 1 atom stereocenters. The number of unbranched alkanes of at least 4 members (excludes halogenated alkanes) is 2. The Bertz CT molecular complexity index is 791. The first-order valence-corrected chi connectivity index (χ1v) is 9.67. The Morgan fingerprint density at radius 1 is 1.14 bits per heavy atom. The highest BCUT2D eigenvalue weighted by Gasteiger charge is 2.20. The van der Waals surface area contributed by atoms with Crippen molar-refractivity contribution in [3.05, 3.63) is 48.2 Å². The number of hydroxylamine groups is 2. The van der Waals surface area contributed by atoms with E-state index in [1.54, 1.807) is 12.1 Å². The first-order valence-electron chi connectivity index (χ1n) is 9.67. The summed E-state index contributed by atoms with van der Waals surface area (Å²) >= 11 is 0. The van der Waals surface area contributed by atoms with E-state index in [9.17, 15) is 19.6 Å². The van der Waals surface area contributed by atoms with E-state index in [-0.39, 0.29) is 31.3 Å². The molecule has 2 aromatic rings. The molecule has 0 fully saturated rings. The highest BCUT2D eigenvalue weighted by molar-refractivity contribution is 5.92. The van der Waals surface area contributed by atoms with Gasteiger partial charge in [0.05, 0.1) is 19.1 Å². The molecular formula is C21H27N3O5. The fourth-order valence-electron chi connectivity index (χ4n) is 2.88. The van der Waals surface area contributed by atoms with Crippen LogP contribution >= 0.6 is 0 Å². The second-order valence-corrected chi connectivity index (χ2v) is 6.67. The first kappa shape index (κ1) is 22.2. The number of hydrogen-bond acceptors (Lipinski definition) is 5. The molecule has 1 aromatic carbocycles. The third kappa shape index (κ3) is 7.08. The van der Waals surface area contributed by atoms with Crippen LogP contribution in [0.15, 0.2) is 46.9 Å². The van der Waals surface area contributed by atoms with E-state index in [2.05, 4.69) is 10.6 Å². The van der Waals surface area contributed by atoms with Crippen LogP contribution in [0.4, 0.5) is 0 Å². The van der Waals surface area contributed by atoms with E-state index in [0.717, 1.165) is 24.8 Å². The van der Waals surface area contributed by atoms with Crippen molar-refractivity contribution in [3.8, 4) is 11.3 Å². The minimum atomic E-state index is -0.554. The molecule has 0 saturated carbocycles. The average molecular weight is 401 g/mol. The van der Waals surface area contributed by atoms with Crippen LogP contribution in [0, 0.1) is 5.92 Å². The average Bonchev–Trinajstić information content (AvgIpc) is 3.24. The molecule has 0 aliphatic rings. The Hall–Kier alpha value is -3.13. The van der Waals surface area contributed by atoms with Gasteiger partial charge in [0, 0.05) is 5.56 Å². The Morgan fingerprint density at radius 2 is 1.90 bits per heavy atom. The lowest BCUT2D eigenvalue weighted by atomic mass is 10.0. The van der Waals surface area contributed by atoms with Gasteiger partial charge in [0.2, 0.25) is 12.3 Å². The van der Waals surface area contributed by atoms with Gasteiger partial charge in [-0.15, -0.1) is 0 Å². The number of carbonyl (C=O) groups is 3. The molecule has 3 amide bonds. The molecule has 0 saturated heterocycles. The van der Waals surface area contributed by atoms with Crippen LogP contribution in [0.2, 0.25) is 0 Å². The van der Waals surface area contributed by atoms with Crippen molar-refractivity contribution in [1.29, 1.82) is 0 Å². The van der Waals surface area contributed by atoms with Gasteiger partial charge in [-0.1, -0.05) is 56.5 Å². The molecule has 2 rings (SSSR count). The largest absolute Gasteiger partial charge is 0.451 e. The van der Waals surface area contributed by atoms with Gasteiger partial charge >= 0.3 is 0 Å². The molecule has 8 nitrogen and oxygen atoms in total. The number of furan rings is 1. The summed E-state index contributed by atoms with van der Waals surface area (Å²) in [5.41, 5.74) is 0.860. The lowest BCUT2D eigenvalue weighted by Crippen LogP contribution is -2.42. The number of nitrogens with one attached hydrogen (secondary N) is 2. The number of nitrogens with zero attached hydrogens (tertiary/aromatic N) is 1. The van der Waals surface area contributed by atoms with Crippen LogP contribution in [0.1, 0.15) is 43.2 Å². The zero-order valence-electron chi connectivity index (χ0n) is 16.5. The molecule has 29 heavy (non-hydrogen) atoms. The minimum absolute atomic E-state index is 0.0875. The van der Waals surface area contributed by atoms with Gasteiger partial charge in [0.25, 0.3) is 5.91 Å². The van der Waals surface area contributed by atoms with E-state index in [4.69, 9.17) is 4.42 Å². The smallest absolute Gasteiger partial charge is 0.288 e. The van der Waals surface area contributed by atoms with E-state index in [1.165, 1.54) is 0 Å². The summed E-state index contributed by atoms with van der Waals surface area (Å²) in [7, 11) is 0. The van der Waals surface area contributed by atoms with E-state index in [0.29, 0.717) is 17.2 Å². The standard InChI is InChI=1S/C21H27N3O5/c1-2-3-5-10-17(13-24(28)15-25)20(26)22-14-23-21(27)19-12-11-18(29-19)16-8-6-4-7-9-16/h4,6-9,11-12,15,17,28H,2-3,5,10,13-14H2,1H3,(H,22,26)(H,23,27)/t17-/m1/s1. The molecule has 0 spiro atoms. The molecular weight excluding hydrogens is 374 g/mol. The van der Waals surface area contributed by atoms with Gasteiger partial charge in [-0.05, 0) is 18.6 Å². The number of benzene rings is 1. The lowest BCUT2D eigenvalue weighted by Gasteiger charge is -2.19. The summed E-state index contributed by atoms with van der Waals surface area (Å²) in [6, 6.07) is 12.7. The van der Waals surface area contributed by atoms with Crippen molar-refractivity contribution in [2.75, 3.05) is 13.2 Å². The van der Waals surface area contributed by atoms with Gasteiger partial charge in [-0.25, -0.2) is 5.06 Å². The number of amides is 3. The van der Waals surface area contributed by atoms with Crippen LogP contribution in [-0.2, 0) is 9.59 Å². The quantitative estimate of drug-likeness (QED) is 0.166. The molecule has 0 bridgehead atoms. The summed E-state index contributed by atoms with van der Waals surface area (Å²) in [5.74, 6) is -0.631. The molecule has 156 valence electrons. The van der Waals surface area contributed by atoms with Gasteiger partial charge in [-0.2, -0.15) is 0 Å². The lowest BCUT2D eigenvalue weighted by molar-refractivity contribution is -0.154. The summed E-state index contributed by atoms with van der Waals surface area (Å²) in [6.07, 6.45) is 3.56. The second-order valence-electron chi connectivity index (χ2n) is 6.67. The van der Waals surface area contributed by atoms with Crippen LogP contribution in [0.3, 0.4) is 0 Å². The zero-order valence-corrected chi connectivity index (χ0v) is 16.5. The SMILES string of the molecule is CCCCC[C@H](CN(O)C=O)C(=O)NCNC(=O)c1ccc(-c2ccccc2)o1. The predicted octanol–water partition coefficient (Wildman–Crippen LogP) is 2.79. The summed E-state index contributed by atoms with van der Waals surface area (Å²) in [6.45, 7) is 1.87. The van der Waals surface area contributed by atoms with E-state index >= 15 is 0 Å². The predicted molar refractivity (Wildman–Crippen MR) is 107 cm³/mol. The molecule has 0 aliphatic carbocycles. The molecule has 0 aliphatic heterocycles. The highest BCUT2D eigenvalue weighted by atomic mass is 16.5. The maximum absolute atomic E-state index is 12.4. The minimum Gasteiger partial charge on any atom is -0.451 e. The molecule has 1 heterocycles. The molecule has 8 heteroatoms. The number of carbonyl (C=O) groups excluding carboxylic acids is 3. The van der Waals surface area contributed by atoms with Crippen molar-refractivity contribution in [3.63, 3.8) is 0 Å². The van der Waals surface area contributed by atoms with Crippen LogP contribution in [0.25, 0.3) is 11.3 Å². The maximum Gasteiger partial charge on any atom is 0.288 e. The Balaban J connectivity index is 1.85. The fourth-order valence-corrected chi connectivity index (χ4v) is 2.88. The van der Waals surface area contributed by atoms with Crippen molar-refractivity contribution >= 4 is 18.2 Å². The molecule has 0 unspecified atom stereocenters. The zero-order chi connectivity index (χ0) is 21.1. The van der Waals surface area contributed by atoms with Crippen LogP contribution < -0.4 is 10.6 Å². The monoisotopic (exact) mass is 401 g/mol. The van der Waals surface area contributed by atoms with Crippen LogP contribution in [0.5, 0.6) is 0 Å². The topological polar surface area (TPSA) is 112 Å². The van der Waals surface area contributed by atoms with Gasteiger partial charge in [0.15, 0.2) is 5.76 Å². The van der Waals surface area contributed by atoms with Crippen molar-refractivity contribution in [1.82, 2.24) is 15.7 Å². The van der Waals surface area contributed by atoms with Gasteiger partial charge in [0.1, 0.15) is 5.76 Å². The third-order valence-electron chi connectivity index (χ3n) is 4.46. The fraction of sp³-hybridized carbons (Fsp3) is 0.381. The van der Waals surface area contributed by atoms with Gasteiger partial charge in [-0.3, -0.25) is 19.6 Å². The molecule has 1 aromatic heterocycles. The second kappa shape index (κ2) is 11.7. The Labute approximate surface area is 169 Å². The maximum atomic E-state index is 12.4. The van der Waals surface area contributed by atoms with Crippen molar-refractivity contribution in [2.24, 2.45) is 5.92 Å². The summed E-state index contributed by atoms with van der Waals surface area (Å²) in [4.78, 5) is 35.2. The Morgan fingerprint density at radius 3 is 2.59 bits per heavy atom. The van der Waals surface area contributed by atoms with Crippen molar-refractivity contribution < 1.29 is 24.0 Å². The van der Waals surface area contributed by atoms with E-state index in [1.807, 2.05) is 37.3 Å². The van der Waals surface area contributed by atoms with Crippen LogP contribution in [-0.4, -0.2) is 41.7 Å². The normalized spacial score (nSPS) is 11.5. The number of hydrogen-bond donors (Lipinski definition) is 3. The van der Waals surface area contributed by atoms with Crippen molar-refractivity contribution in [2.45, 2.75) is 32.6 Å². The van der Waals surface area contributed by atoms with E-state index < -0.39 is 11.8 Å². The summed E-state index contributed by atoms with van der Waals surface area (Å²) < 4.78 is 5.57. The summed E-state index contributed by atoms with van der Waals surface area (Å²) in [5, 5.41) is 15.0. The number of rotatable bonds is 12. The molecule has 3 N–H and O–H groups in total.